The molecule has 0 atom stereocenters. The van der Waals surface area contributed by atoms with Gasteiger partial charge in [-0.1, -0.05) is 18.2 Å². The van der Waals surface area contributed by atoms with Crippen molar-refractivity contribution >= 4 is 5.82 Å². The van der Waals surface area contributed by atoms with Gasteiger partial charge in [0.1, 0.15) is 17.3 Å². The van der Waals surface area contributed by atoms with Crippen LogP contribution in [0.1, 0.15) is 17.0 Å². The first kappa shape index (κ1) is 20.4. The van der Waals surface area contributed by atoms with E-state index in [9.17, 15) is 13.2 Å². The maximum Gasteiger partial charge on any atom is 0.416 e. The molecule has 3 heterocycles. The van der Waals surface area contributed by atoms with Gasteiger partial charge in [0.15, 0.2) is 5.82 Å². The van der Waals surface area contributed by atoms with Gasteiger partial charge in [-0.25, -0.2) is 19.9 Å². The number of hydrogen-bond acceptors (Lipinski definition) is 6. The van der Waals surface area contributed by atoms with Gasteiger partial charge in [-0.2, -0.15) is 13.2 Å². The zero-order chi connectivity index (χ0) is 21.8. The summed E-state index contributed by atoms with van der Waals surface area (Å²) in [6, 6.07) is 11.9. The lowest BCUT2D eigenvalue weighted by Crippen LogP contribution is -2.07. The molecule has 0 bridgehead atoms. The molecule has 9 heteroatoms. The van der Waals surface area contributed by atoms with Crippen molar-refractivity contribution < 1.29 is 13.2 Å². The molecular weight excluding hydrogens is 405 g/mol. The zero-order valence-corrected chi connectivity index (χ0v) is 16.4. The average molecular weight is 422 g/mol. The number of aryl methyl sites for hydroxylation is 1. The molecule has 0 unspecified atom stereocenters. The number of anilines is 1. The molecule has 0 fully saturated rings. The first-order valence-electron chi connectivity index (χ1n) is 9.38. The Hall–Kier alpha value is -3.88. The third-order valence-electron chi connectivity index (χ3n) is 4.37. The molecule has 0 saturated carbocycles. The second-order valence-electron chi connectivity index (χ2n) is 6.79. The van der Waals surface area contributed by atoms with E-state index in [1.54, 1.807) is 48.9 Å². The van der Waals surface area contributed by atoms with Gasteiger partial charge in [-0.15, -0.1) is 0 Å². The second-order valence-corrected chi connectivity index (χ2v) is 6.79. The predicted molar refractivity (Wildman–Crippen MR) is 110 cm³/mol. The van der Waals surface area contributed by atoms with Crippen molar-refractivity contribution in [2.75, 3.05) is 5.32 Å². The van der Waals surface area contributed by atoms with Gasteiger partial charge in [-0.3, -0.25) is 4.98 Å². The van der Waals surface area contributed by atoms with E-state index < -0.39 is 11.7 Å². The van der Waals surface area contributed by atoms with Gasteiger partial charge >= 0.3 is 6.18 Å². The number of alkyl halides is 3. The van der Waals surface area contributed by atoms with E-state index in [1.165, 1.54) is 6.07 Å². The average Bonchev–Trinajstić information content (AvgIpc) is 2.79. The molecule has 0 saturated heterocycles. The summed E-state index contributed by atoms with van der Waals surface area (Å²) in [6.07, 6.45) is 0.564. The minimum atomic E-state index is -4.45. The Balaban J connectivity index is 1.72. The van der Waals surface area contributed by atoms with E-state index in [0.717, 1.165) is 17.7 Å². The number of rotatable bonds is 5. The summed E-state index contributed by atoms with van der Waals surface area (Å²) in [5.41, 5.74) is 1.37. The molecular formula is C22H17F3N6. The van der Waals surface area contributed by atoms with E-state index >= 15 is 0 Å². The van der Waals surface area contributed by atoms with Crippen molar-refractivity contribution in [3.8, 4) is 22.8 Å². The number of hydrogen-bond donors (Lipinski definition) is 1. The standard InChI is InChI=1S/C22H17F3N6/c1-14-11-27-20(28-12-14)13-29-19-10-18(15-5-4-6-16(9-15)22(23,24)25)30-21(31-19)17-7-2-3-8-26-17/h2-12H,13H2,1H3,(H,29,30,31). The van der Waals surface area contributed by atoms with Crippen LogP contribution in [0.2, 0.25) is 0 Å². The van der Waals surface area contributed by atoms with Crippen LogP contribution in [-0.4, -0.2) is 24.9 Å². The minimum absolute atomic E-state index is 0.293. The lowest BCUT2D eigenvalue weighted by atomic mass is 10.1. The quantitative estimate of drug-likeness (QED) is 0.491. The molecule has 1 N–H and O–H groups in total. The maximum atomic E-state index is 13.2. The normalized spacial score (nSPS) is 11.4. The molecule has 1 aromatic carbocycles. The highest BCUT2D eigenvalue weighted by Gasteiger charge is 2.30. The molecule has 0 aliphatic rings. The van der Waals surface area contributed by atoms with Crippen molar-refractivity contribution in [3.63, 3.8) is 0 Å². The van der Waals surface area contributed by atoms with Gasteiger partial charge in [-0.05, 0) is 36.8 Å². The molecule has 31 heavy (non-hydrogen) atoms. The molecule has 4 rings (SSSR count). The van der Waals surface area contributed by atoms with Crippen LogP contribution in [0.25, 0.3) is 22.8 Å². The summed E-state index contributed by atoms with van der Waals surface area (Å²) in [7, 11) is 0. The molecule has 156 valence electrons. The number of nitrogens with zero attached hydrogens (tertiary/aromatic N) is 5. The van der Waals surface area contributed by atoms with Crippen LogP contribution in [0, 0.1) is 6.92 Å². The van der Waals surface area contributed by atoms with Crippen LogP contribution in [0.3, 0.4) is 0 Å². The second kappa shape index (κ2) is 8.47. The summed E-state index contributed by atoms with van der Waals surface area (Å²) in [5, 5.41) is 3.12. The Morgan fingerprint density at radius 1 is 0.871 bits per heavy atom. The van der Waals surface area contributed by atoms with E-state index in [4.69, 9.17) is 0 Å². The Kier molecular flexibility index (Phi) is 5.57. The number of halogens is 3. The SMILES string of the molecule is Cc1cnc(CNc2cc(-c3cccc(C(F)(F)F)c3)nc(-c3ccccn3)n2)nc1. The first-order chi connectivity index (χ1) is 14.9. The number of nitrogens with one attached hydrogen (secondary N) is 1. The van der Waals surface area contributed by atoms with Gasteiger partial charge in [0.2, 0.25) is 0 Å². The molecule has 0 aliphatic heterocycles. The van der Waals surface area contributed by atoms with Crippen LogP contribution in [0.5, 0.6) is 0 Å². The molecule has 0 amide bonds. The van der Waals surface area contributed by atoms with Crippen molar-refractivity contribution in [1.82, 2.24) is 24.9 Å². The highest BCUT2D eigenvalue weighted by atomic mass is 19.4. The van der Waals surface area contributed by atoms with Crippen LogP contribution in [0.4, 0.5) is 19.0 Å². The number of pyridine rings is 1. The minimum Gasteiger partial charge on any atom is -0.363 e. The van der Waals surface area contributed by atoms with Gasteiger partial charge < -0.3 is 5.32 Å². The molecule has 0 spiro atoms. The summed E-state index contributed by atoms with van der Waals surface area (Å²) in [4.78, 5) is 21.7. The third-order valence-corrected chi connectivity index (χ3v) is 4.37. The monoisotopic (exact) mass is 422 g/mol. The first-order valence-corrected chi connectivity index (χ1v) is 9.38. The Labute approximate surface area is 176 Å². The lowest BCUT2D eigenvalue weighted by molar-refractivity contribution is -0.137. The molecule has 3 aromatic heterocycles. The fourth-order valence-electron chi connectivity index (χ4n) is 2.83. The van der Waals surface area contributed by atoms with Crippen LogP contribution in [0.15, 0.2) is 67.1 Å². The van der Waals surface area contributed by atoms with Crippen LogP contribution >= 0.6 is 0 Å². The van der Waals surface area contributed by atoms with Gasteiger partial charge in [0.05, 0.1) is 17.8 Å². The van der Waals surface area contributed by atoms with Gasteiger partial charge in [0, 0.05) is 30.2 Å². The Morgan fingerprint density at radius 2 is 1.68 bits per heavy atom. The summed E-state index contributed by atoms with van der Waals surface area (Å²) in [5.74, 6) is 1.28. The highest BCUT2D eigenvalue weighted by Crippen LogP contribution is 2.32. The topological polar surface area (TPSA) is 76.5 Å². The Morgan fingerprint density at radius 3 is 2.39 bits per heavy atom. The van der Waals surface area contributed by atoms with Crippen molar-refractivity contribution in [3.05, 3.63) is 84.1 Å². The van der Waals surface area contributed by atoms with Gasteiger partial charge in [0.25, 0.3) is 0 Å². The van der Waals surface area contributed by atoms with E-state index in [0.29, 0.717) is 41.0 Å². The Bertz CT molecular complexity index is 1180. The van der Waals surface area contributed by atoms with E-state index in [2.05, 4.69) is 30.2 Å². The zero-order valence-electron chi connectivity index (χ0n) is 16.4. The summed E-state index contributed by atoms with van der Waals surface area (Å²) in [6.45, 7) is 2.18. The van der Waals surface area contributed by atoms with E-state index in [-0.39, 0.29) is 0 Å². The fraction of sp³-hybridized carbons (Fsp3) is 0.136. The molecule has 6 nitrogen and oxygen atoms in total. The number of benzene rings is 1. The smallest absolute Gasteiger partial charge is 0.363 e. The largest absolute Gasteiger partial charge is 0.416 e. The van der Waals surface area contributed by atoms with Crippen molar-refractivity contribution in [1.29, 1.82) is 0 Å². The maximum absolute atomic E-state index is 13.2. The molecule has 4 aromatic rings. The van der Waals surface area contributed by atoms with Crippen molar-refractivity contribution in [2.24, 2.45) is 0 Å². The van der Waals surface area contributed by atoms with Crippen molar-refractivity contribution in [2.45, 2.75) is 19.6 Å². The molecule has 0 aliphatic carbocycles. The predicted octanol–water partition coefficient (Wildman–Crippen LogP) is 4.93. The highest BCUT2D eigenvalue weighted by molar-refractivity contribution is 5.67. The lowest BCUT2D eigenvalue weighted by Gasteiger charge is -2.12. The number of aromatic nitrogens is 5. The fourth-order valence-corrected chi connectivity index (χ4v) is 2.83. The van der Waals surface area contributed by atoms with Crippen LogP contribution < -0.4 is 5.32 Å². The third kappa shape index (κ3) is 5.00. The summed E-state index contributed by atoms with van der Waals surface area (Å²) < 4.78 is 39.5. The van der Waals surface area contributed by atoms with E-state index in [1.807, 2.05) is 6.92 Å². The summed E-state index contributed by atoms with van der Waals surface area (Å²) >= 11 is 0. The molecule has 0 radical (unpaired) electrons. The van der Waals surface area contributed by atoms with Crippen LogP contribution in [-0.2, 0) is 12.7 Å².